The van der Waals surface area contributed by atoms with Crippen molar-refractivity contribution in [1.82, 2.24) is 19.9 Å². The van der Waals surface area contributed by atoms with Gasteiger partial charge in [0.15, 0.2) is 0 Å². The molecule has 0 aromatic carbocycles. The van der Waals surface area contributed by atoms with Crippen LogP contribution in [0.4, 0.5) is 11.8 Å². The van der Waals surface area contributed by atoms with Crippen LogP contribution in [0.3, 0.4) is 0 Å². The molecule has 0 radical (unpaired) electrons. The van der Waals surface area contributed by atoms with Gasteiger partial charge in [-0.15, -0.1) is 0 Å². The van der Waals surface area contributed by atoms with Crippen LogP contribution in [0.15, 0.2) is 23.3 Å². The van der Waals surface area contributed by atoms with Crippen molar-refractivity contribution >= 4 is 11.8 Å². The third kappa shape index (κ3) is 3.67. The van der Waals surface area contributed by atoms with Crippen LogP contribution in [-0.4, -0.2) is 46.2 Å². The average Bonchev–Trinajstić information content (AvgIpc) is 3.03. The van der Waals surface area contributed by atoms with Gasteiger partial charge in [0.25, 0.3) is 5.56 Å². The van der Waals surface area contributed by atoms with E-state index in [2.05, 4.69) is 25.3 Å². The molecular weight excluding hydrogens is 310 g/mol. The first kappa shape index (κ1) is 15.9. The molecule has 1 unspecified atom stereocenters. The van der Waals surface area contributed by atoms with Crippen LogP contribution < -0.4 is 15.8 Å². The summed E-state index contributed by atoms with van der Waals surface area (Å²) in [6.07, 6.45) is 2.23. The van der Waals surface area contributed by atoms with Gasteiger partial charge in [-0.2, -0.15) is 5.26 Å². The first-order chi connectivity index (χ1) is 11.7. The summed E-state index contributed by atoms with van der Waals surface area (Å²) in [4.78, 5) is 28.9. The van der Waals surface area contributed by atoms with Crippen molar-refractivity contribution in [3.8, 4) is 6.07 Å². The highest BCUT2D eigenvalue weighted by Crippen LogP contribution is 2.18. The number of nitrogens with zero attached hydrogens (tertiary/aromatic N) is 5. The van der Waals surface area contributed by atoms with Crippen LogP contribution in [0.5, 0.6) is 0 Å². The smallest absolute Gasteiger partial charge is 0.252 e. The Kier molecular flexibility index (Phi) is 4.67. The van der Waals surface area contributed by atoms with E-state index in [4.69, 9.17) is 10.00 Å². The minimum Gasteiger partial charge on any atom is -0.378 e. The van der Waals surface area contributed by atoms with E-state index in [1.54, 1.807) is 13.2 Å². The van der Waals surface area contributed by atoms with Crippen molar-refractivity contribution in [2.75, 3.05) is 30.4 Å². The third-order valence-corrected chi connectivity index (χ3v) is 3.70. The molecule has 0 spiro atoms. The monoisotopic (exact) mass is 327 g/mol. The molecule has 2 N–H and O–H groups in total. The number of H-pyrrole nitrogens is 1. The molecule has 0 saturated carbocycles. The molecule has 3 rings (SSSR count). The van der Waals surface area contributed by atoms with Gasteiger partial charge < -0.3 is 15.0 Å². The van der Waals surface area contributed by atoms with E-state index in [1.807, 2.05) is 11.0 Å². The van der Waals surface area contributed by atoms with Crippen LogP contribution in [0.1, 0.15) is 17.8 Å². The second-order valence-corrected chi connectivity index (χ2v) is 5.47. The molecule has 0 bridgehead atoms. The summed E-state index contributed by atoms with van der Waals surface area (Å²) >= 11 is 0. The predicted octanol–water partition coefficient (Wildman–Crippen LogP) is 0.269. The van der Waals surface area contributed by atoms with Crippen LogP contribution in [0, 0.1) is 11.3 Å². The number of ether oxygens (including phenoxy) is 1. The first-order valence-electron chi connectivity index (χ1n) is 7.50. The summed E-state index contributed by atoms with van der Waals surface area (Å²) in [5.41, 5.74) is 0.723. The van der Waals surface area contributed by atoms with Gasteiger partial charge in [-0.25, -0.2) is 15.0 Å². The Morgan fingerprint density at radius 1 is 1.50 bits per heavy atom. The van der Waals surface area contributed by atoms with E-state index < -0.39 is 0 Å². The second kappa shape index (κ2) is 7.06. The largest absolute Gasteiger partial charge is 0.378 e. The number of nitrogens with one attached hydrogen (secondary N) is 2. The van der Waals surface area contributed by atoms with Crippen LogP contribution in [0.25, 0.3) is 0 Å². The van der Waals surface area contributed by atoms with Crippen LogP contribution in [0.2, 0.25) is 0 Å². The van der Waals surface area contributed by atoms with Crippen molar-refractivity contribution in [2.24, 2.45) is 0 Å². The predicted molar refractivity (Wildman–Crippen MR) is 86.6 cm³/mol. The highest BCUT2D eigenvalue weighted by Gasteiger charge is 2.24. The maximum Gasteiger partial charge on any atom is 0.252 e. The number of rotatable bonds is 5. The first-order valence-corrected chi connectivity index (χ1v) is 7.50. The highest BCUT2D eigenvalue weighted by atomic mass is 16.5. The van der Waals surface area contributed by atoms with Gasteiger partial charge in [-0.3, -0.25) is 9.78 Å². The number of hydrogen-bond acceptors (Lipinski definition) is 8. The van der Waals surface area contributed by atoms with E-state index in [1.165, 1.54) is 12.4 Å². The molecule has 0 amide bonds. The minimum atomic E-state index is -0.196. The second-order valence-electron chi connectivity index (χ2n) is 5.47. The molecule has 2 aromatic rings. The molecular formula is C15H17N7O2. The number of aromatic amines is 1. The quantitative estimate of drug-likeness (QED) is 0.803. The van der Waals surface area contributed by atoms with Crippen LogP contribution in [-0.2, 0) is 11.3 Å². The van der Waals surface area contributed by atoms with Gasteiger partial charge in [0.05, 0.1) is 12.3 Å². The Balaban J connectivity index is 1.69. The van der Waals surface area contributed by atoms with E-state index in [0.717, 1.165) is 13.0 Å². The van der Waals surface area contributed by atoms with E-state index >= 15 is 0 Å². The molecule has 9 nitrogen and oxygen atoms in total. The fourth-order valence-electron chi connectivity index (χ4n) is 2.64. The molecule has 24 heavy (non-hydrogen) atoms. The Labute approximate surface area is 138 Å². The Bertz CT molecular complexity index is 814. The minimum absolute atomic E-state index is 0.142. The zero-order valence-corrected chi connectivity index (χ0v) is 13.2. The standard InChI is InChI=1S/C15H17N7O2/c1-24-8-12-5-14(23)21-15(20-12)22-3-2-10(7-22)19-13-4-11(6-16)17-9-18-13/h4-5,9-10H,2-3,7-8H2,1H3,(H,17,18,19)(H,20,21,23). The van der Waals surface area contributed by atoms with Crippen molar-refractivity contribution in [3.63, 3.8) is 0 Å². The molecule has 1 aliphatic rings. The molecule has 1 fully saturated rings. The van der Waals surface area contributed by atoms with Gasteiger partial charge in [-0.1, -0.05) is 0 Å². The third-order valence-electron chi connectivity index (χ3n) is 3.70. The van der Waals surface area contributed by atoms with Crippen molar-refractivity contribution in [1.29, 1.82) is 5.26 Å². The van der Waals surface area contributed by atoms with Gasteiger partial charge in [0, 0.05) is 38.4 Å². The van der Waals surface area contributed by atoms with Crippen molar-refractivity contribution in [2.45, 2.75) is 19.1 Å². The SMILES string of the molecule is COCc1cc(=O)[nH]c(N2CCC(Nc3cc(C#N)ncn3)C2)n1. The Morgan fingerprint density at radius 3 is 3.17 bits per heavy atom. The van der Waals surface area contributed by atoms with Gasteiger partial charge >= 0.3 is 0 Å². The molecule has 2 aromatic heterocycles. The average molecular weight is 327 g/mol. The Morgan fingerprint density at radius 2 is 2.38 bits per heavy atom. The van der Waals surface area contributed by atoms with Gasteiger partial charge in [-0.05, 0) is 6.42 Å². The summed E-state index contributed by atoms with van der Waals surface area (Å²) in [6, 6.07) is 5.18. The van der Waals surface area contributed by atoms with E-state index in [0.29, 0.717) is 36.3 Å². The summed E-state index contributed by atoms with van der Waals surface area (Å²) in [5, 5.41) is 12.2. The van der Waals surface area contributed by atoms with Gasteiger partial charge in [0.2, 0.25) is 5.95 Å². The topological polar surface area (TPSA) is 120 Å². The molecule has 1 aliphatic heterocycles. The molecule has 1 saturated heterocycles. The fourth-order valence-corrected chi connectivity index (χ4v) is 2.64. The van der Waals surface area contributed by atoms with Crippen molar-refractivity contribution in [3.05, 3.63) is 40.2 Å². The summed E-state index contributed by atoms with van der Waals surface area (Å²) in [5.74, 6) is 1.15. The lowest BCUT2D eigenvalue weighted by atomic mass is 10.2. The normalized spacial score (nSPS) is 16.8. The lowest BCUT2D eigenvalue weighted by molar-refractivity contribution is 0.181. The number of hydrogen-bond donors (Lipinski definition) is 2. The number of aromatic nitrogens is 4. The van der Waals surface area contributed by atoms with E-state index in [-0.39, 0.29) is 11.6 Å². The van der Waals surface area contributed by atoms with Crippen LogP contribution >= 0.6 is 0 Å². The Hall–Kier alpha value is -2.99. The van der Waals surface area contributed by atoms with Gasteiger partial charge in [0.1, 0.15) is 23.9 Å². The lowest BCUT2D eigenvalue weighted by Gasteiger charge is -2.18. The fraction of sp³-hybridized carbons (Fsp3) is 0.400. The summed E-state index contributed by atoms with van der Waals surface area (Å²) in [7, 11) is 1.57. The zero-order valence-electron chi connectivity index (χ0n) is 13.2. The summed E-state index contributed by atoms with van der Waals surface area (Å²) in [6.45, 7) is 1.73. The molecule has 3 heterocycles. The molecule has 1 atom stereocenters. The zero-order chi connectivity index (χ0) is 16.9. The molecule has 9 heteroatoms. The number of methoxy groups -OCH3 is 1. The maximum absolute atomic E-state index is 11.7. The maximum atomic E-state index is 11.7. The van der Waals surface area contributed by atoms with E-state index in [9.17, 15) is 4.79 Å². The number of nitriles is 1. The lowest BCUT2D eigenvalue weighted by Crippen LogP contribution is -2.29. The number of anilines is 2. The molecule has 124 valence electrons. The highest BCUT2D eigenvalue weighted by molar-refractivity contribution is 5.42. The summed E-state index contributed by atoms with van der Waals surface area (Å²) < 4.78 is 5.04. The molecule has 0 aliphatic carbocycles. The van der Waals surface area contributed by atoms with Crippen molar-refractivity contribution < 1.29 is 4.74 Å².